The second-order valence-electron chi connectivity index (χ2n) is 6.71. The van der Waals surface area contributed by atoms with Crippen LogP contribution in [0.5, 0.6) is 5.75 Å². The fourth-order valence-electron chi connectivity index (χ4n) is 3.49. The standard InChI is InChI=1S/C22H19O2P/c1-25(2,24)20-14-12-16-8-4-6-10-18(16)22(20)21-17-9-5-3-7-15(17)11-13-19(21)23/h3-14,23H,1-2H3. The van der Waals surface area contributed by atoms with E-state index in [1.807, 2.05) is 66.7 Å². The lowest BCUT2D eigenvalue weighted by molar-refractivity contribution is 0.478. The topological polar surface area (TPSA) is 37.3 Å². The molecule has 0 aromatic heterocycles. The molecule has 4 aromatic rings. The molecule has 0 aliphatic heterocycles. The number of rotatable bonds is 2. The third-order valence-electron chi connectivity index (χ3n) is 4.64. The maximum absolute atomic E-state index is 13.0. The molecule has 0 spiro atoms. The van der Waals surface area contributed by atoms with Gasteiger partial charge in [0.1, 0.15) is 12.9 Å². The van der Waals surface area contributed by atoms with E-state index in [1.165, 1.54) is 0 Å². The van der Waals surface area contributed by atoms with Gasteiger partial charge in [-0.25, -0.2) is 0 Å². The van der Waals surface area contributed by atoms with E-state index in [1.54, 1.807) is 19.4 Å². The molecule has 0 atom stereocenters. The molecular weight excluding hydrogens is 327 g/mol. The van der Waals surface area contributed by atoms with Gasteiger partial charge in [-0.05, 0) is 40.9 Å². The van der Waals surface area contributed by atoms with Crippen molar-refractivity contribution in [2.75, 3.05) is 13.3 Å². The first-order valence-corrected chi connectivity index (χ1v) is 10.9. The molecule has 0 radical (unpaired) electrons. The zero-order valence-electron chi connectivity index (χ0n) is 14.2. The lowest BCUT2D eigenvalue weighted by atomic mass is 9.93. The molecule has 124 valence electrons. The Morgan fingerprint density at radius 3 is 1.80 bits per heavy atom. The Hall–Kier alpha value is -2.57. The van der Waals surface area contributed by atoms with Crippen molar-refractivity contribution in [2.45, 2.75) is 0 Å². The Kier molecular flexibility index (Phi) is 3.67. The van der Waals surface area contributed by atoms with Crippen molar-refractivity contribution in [1.82, 2.24) is 0 Å². The van der Waals surface area contributed by atoms with Gasteiger partial charge in [0.25, 0.3) is 0 Å². The van der Waals surface area contributed by atoms with Crippen LogP contribution in [-0.2, 0) is 4.57 Å². The van der Waals surface area contributed by atoms with Crippen molar-refractivity contribution in [3.63, 3.8) is 0 Å². The normalized spacial score (nSPS) is 11.9. The highest BCUT2D eigenvalue weighted by Gasteiger charge is 2.22. The summed E-state index contributed by atoms with van der Waals surface area (Å²) in [5, 5.41) is 15.6. The molecule has 0 fully saturated rings. The third-order valence-corrected chi connectivity index (χ3v) is 6.18. The van der Waals surface area contributed by atoms with Gasteiger partial charge in [-0.15, -0.1) is 0 Å². The van der Waals surface area contributed by atoms with E-state index < -0.39 is 7.14 Å². The van der Waals surface area contributed by atoms with Gasteiger partial charge in [0.15, 0.2) is 0 Å². The van der Waals surface area contributed by atoms with Crippen LogP contribution in [0.25, 0.3) is 32.7 Å². The number of phenolic OH excluding ortho intramolecular Hbond substituents is 1. The summed E-state index contributed by atoms with van der Waals surface area (Å²) in [4.78, 5) is 0. The molecule has 4 rings (SSSR count). The highest BCUT2D eigenvalue weighted by atomic mass is 31.2. The molecule has 0 heterocycles. The smallest absolute Gasteiger partial charge is 0.124 e. The molecule has 0 aliphatic carbocycles. The number of benzene rings is 4. The third kappa shape index (κ3) is 2.63. The van der Waals surface area contributed by atoms with E-state index in [0.717, 1.165) is 38.0 Å². The van der Waals surface area contributed by atoms with E-state index in [4.69, 9.17) is 0 Å². The van der Waals surface area contributed by atoms with Crippen molar-refractivity contribution in [3.05, 3.63) is 72.8 Å². The highest BCUT2D eigenvalue weighted by Crippen LogP contribution is 2.45. The molecule has 1 N–H and O–H groups in total. The van der Waals surface area contributed by atoms with Crippen molar-refractivity contribution >= 4 is 34.0 Å². The second-order valence-corrected chi connectivity index (χ2v) is 9.90. The number of hydrogen-bond donors (Lipinski definition) is 1. The number of phenols is 1. The van der Waals surface area contributed by atoms with Crippen LogP contribution in [0.15, 0.2) is 72.8 Å². The molecule has 3 heteroatoms. The Bertz CT molecular complexity index is 1160. The SMILES string of the molecule is CP(C)(=O)c1ccc2ccccc2c1-c1c(O)ccc2ccccc12. The molecule has 25 heavy (non-hydrogen) atoms. The van der Waals surface area contributed by atoms with E-state index in [0.29, 0.717) is 0 Å². The fourth-order valence-corrected chi connectivity index (χ4v) is 4.70. The predicted molar refractivity (Wildman–Crippen MR) is 108 cm³/mol. The van der Waals surface area contributed by atoms with Gasteiger partial charge in [0, 0.05) is 16.4 Å². The molecule has 0 saturated heterocycles. The molecule has 0 amide bonds. The van der Waals surface area contributed by atoms with Crippen LogP contribution in [-0.4, -0.2) is 18.4 Å². The number of fused-ring (bicyclic) bond motifs is 2. The van der Waals surface area contributed by atoms with Crippen LogP contribution in [0.3, 0.4) is 0 Å². The molecule has 0 saturated carbocycles. The van der Waals surface area contributed by atoms with Gasteiger partial charge in [0.05, 0.1) is 0 Å². The summed E-state index contributed by atoms with van der Waals surface area (Å²) in [6.07, 6.45) is 0. The monoisotopic (exact) mass is 346 g/mol. The van der Waals surface area contributed by atoms with Crippen molar-refractivity contribution in [1.29, 1.82) is 0 Å². The lowest BCUT2D eigenvalue weighted by Crippen LogP contribution is -2.08. The zero-order chi connectivity index (χ0) is 17.6. The fraction of sp³-hybridized carbons (Fsp3) is 0.0909. The summed E-state index contributed by atoms with van der Waals surface area (Å²) in [7, 11) is -2.53. The van der Waals surface area contributed by atoms with E-state index in [2.05, 4.69) is 0 Å². The van der Waals surface area contributed by atoms with Crippen LogP contribution in [0, 0.1) is 0 Å². The Morgan fingerprint density at radius 2 is 1.20 bits per heavy atom. The summed E-state index contributed by atoms with van der Waals surface area (Å²) < 4.78 is 13.0. The molecule has 0 unspecified atom stereocenters. The van der Waals surface area contributed by atoms with Gasteiger partial charge >= 0.3 is 0 Å². The molecule has 2 nitrogen and oxygen atoms in total. The highest BCUT2D eigenvalue weighted by molar-refractivity contribution is 7.70. The summed E-state index contributed by atoms with van der Waals surface area (Å²) in [6.45, 7) is 3.56. The van der Waals surface area contributed by atoms with Crippen LogP contribution in [0.1, 0.15) is 0 Å². The lowest BCUT2D eigenvalue weighted by Gasteiger charge is -2.19. The quantitative estimate of drug-likeness (QED) is 0.479. The van der Waals surface area contributed by atoms with Gasteiger partial charge in [0.2, 0.25) is 0 Å². The summed E-state index contributed by atoms with van der Waals surface area (Å²) in [6, 6.07) is 23.6. The predicted octanol–water partition coefficient (Wildman–Crippen LogP) is 5.61. The first kappa shape index (κ1) is 15.9. The second kappa shape index (κ2) is 5.75. The number of hydrogen-bond acceptors (Lipinski definition) is 2. The van der Waals surface area contributed by atoms with Crippen LogP contribution in [0.4, 0.5) is 0 Å². The van der Waals surface area contributed by atoms with E-state index in [9.17, 15) is 9.67 Å². The van der Waals surface area contributed by atoms with Crippen LogP contribution in [0.2, 0.25) is 0 Å². The number of aromatic hydroxyl groups is 1. The van der Waals surface area contributed by atoms with Crippen molar-refractivity contribution < 1.29 is 9.67 Å². The molecule has 0 bridgehead atoms. The maximum atomic E-state index is 13.0. The van der Waals surface area contributed by atoms with Gasteiger partial charge in [-0.1, -0.05) is 66.7 Å². The largest absolute Gasteiger partial charge is 0.507 e. The summed E-state index contributed by atoms with van der Waals surface area (Å²) >= 11 is 0. The average Bonchev–Trinajstić information content (AvgIpc) is 2.60. The molecule has 4 aromatic carbocycles. The average molecular weight is 346 g/mol. The van der Waals surface area contributed by atoms with E-state index >= 15 is 0 Å². The minimum atomic E-state index is -2.53. The summed E-state index contributed by atoms with van der Waals surface area (Å²) in [5.41, 5.74) is 1.63. The Labute approximate surface area is 147 Å². The van der Waals surface area contributed by atoms with Crippen molar-refractivity contribution in [2.24, 2.45) is 0 Å². The minimum absolute atomic E-state index is 0.213. The first-order valence-electron chi connectivity index (χ1n) is 8.25. The minimum Gasteiger partial charge on any atom is -0.507 e. The first-order chi connectivity index (χ1) is 12.0. The zero-order valence-corrected chi connectivity index (χ0v) is 15.1. The van der Waals surface area contributed by atoms with Gasteiger partial charge in [-0.3, -0.25) is 0 Å². The molecular formula is C22H19O2P. The van der Waals surface area contributed by atoms with Crippen LogP contribution >= 0.6 is 7.14 Å². The summed E-state index contributed by atoms with van der Waals surface area (Å²) in [5.74, 6) is 0.213. The van der Waals surface area contributed by atoms with E-state index in [-0.39, 0.29) is 5.75 Å². The van der Waals surface area contributed by atoms with Crippen molar-refractivity contribution in [3.8, 4) is 16.9 Å². The Morgan fingerprint density at radius 1 is 0.680 bits per heavy atom. The van der Waals surface area contributed by atoms with Crippen LogP contribution < -0.4 is 5.30 Å². The van der Waals surface area contributed by atoms with Gasteiger partial charge < -0.3 is 9.67 Å². The maximum Gasteiger partial charge on any atom is 0.124 e. The Balaban J connectivity index is 2.25. The molecule has 0 aliphatic rings. The van der Waals surface area contributed by atoms with Gasteiger partial charge in [-0.2, -0.15) is 0 Å².